The van der Waals surface area contributed by atoms with E-state index in [-0.39, 0.29) is 11.4 Å². The van der Waals surface area contributed by atoms with Crippen molar-refractivity contribution in [1.29, 1.82) is 0 Å². The number of anilines is 1. The first kappa shape index (κ1) is 13.3. The van der Waals surface area contributed by atoms with E-state index < -0.39 is 25.1 Å². The van der Waals surface area contributed by atoms with E-state index in [0.717, 1.165) is 0 Å². The number of rotatable bonds is 4. The van der Waals surface area contributed by atoms with Crippen LogP contribution in [-0.4, -0.2) is 28.8 Å². The third-order valence-electron chi connectivity index (χ3n) is 1.97. The lowest BCUT2D eigenvalue weighted by atomic mass is 10.2. The van der Waals surface area contributed by atoms with E-state index in [9.17, 15) is 18.0 Å². The number of alkyl halides is 3. The van der Waals surface area contributed by atoms with Crippen molar-refractivity contribution in [2.75, 3.05) is 11.9 Å². The van der Waals surface area contributed by atoms with Crippen LogP contribution in [0.3, 0.4) is 0 Å². The maximum absolute atomic E-state index is 11.9. The van der Waals surface area contributed by atoms with Gasteiger partial charge < -0.3 is 10.4 Å². The van der Waals surface area contributed by atoms with Crippen LogP contribution in [0, 0.1) is 6.92 Å². The predicted molar refractivity (Wildman–Crippen MR) is 55.1 cm³/mol. The fraction of sp³-hybridized carbons (Fsp3) is 0.400. The molecule has 0 fully saturated rings. The molecular formula is C10H11F3N2O2. The standard InChI is InChI=1S/C10H11F3N2O2/c1-6-2-3-7(9(16)17)8(15-6)14-5-4-10(11,12)13/h2-3H,4-5H2,1H3,(H,14,15)(H,16,17). The minimum Gasteiger partial charge on any atom is -0.478 e. The van der Waals surface area contributed by atoms with Crippen molar-refractivity contribution in [2.45, 2.75) is 19.5 Å². The molecule has 1 aromatic rings. The molecule has 0 bridgehead atoms. The van der Waals surface area contributed by atoms with Gasteiger partial charge in [-0.15, -0.1) is 0 Å². The summed E-state index contributed by atoms with van der Waals surface area (Å²) < 4.78 is 35.8. The van der Waals surface area contributed by atoms with Crippen LogP contribution in [0.15, 0.2) is 12.1 Å². The number of nitrogens with one attached hydrogen (secondary N) is 1. The summed E-state index contributed by atoms with van der Waals surface area (Å²) >= 11 is 0. The summed E-state index contributed by atoms with van der Waals surface area (Å²) in [5.41, 5.74) is 0.391. The molecule has 2 N–H and O–H groups in total. The van der Waals surface area contributed by atoms with Gasteiger partial charge in [0.1, 0.15) is 11.4 Å². The number of pyridine rings is 1. The third kappa shape index (κ3) is 4.29. The fourth-order valence-corrected chi connectivity index (χ4v) is 1.19. The molecule has 0 aromatic carbocycles. The maximum atomic E-state index is 11.9. The van der Waals surface area contributed by atoms with Crippen molar-refractivity contribution < 1.29 is 23.1 Å². The summed E-state index contributed by atoms with van der Waals surface area (Å²) in [5, 5.41) is 11.2. The summed E-state index contributed by atoms with van der Waals surface area (Å²) in [7, 11) is 0. The van der Waals surface area contributed by atoms with E-state index in [1.54, 1.807) is 6.92 Å². The average molecular weight is 248 g/mol. The monoisotopic (exact) mass is 248 g/mol. The van der Waals surface area contributed by atoms with Crippen LogP contribution in [0.4, 0.5) is 19.0 Å². The highest BCUT2D eigenvalue weighted by Crippen LogP contribution is 2.20. The number of hydrogen-bond donors (Lipinski definition) is 2. The maximum Gasteiger partial charge on any atom is 0.390 e. The van der Waals surface area contributed by atoms with Crippen molar-refractivity contribution in [3.05, 3.63) is 23.4 Å². The van der Waals surface area contributed by atoms with E-state index in [4.69, 9.17) is 5.11 Å². The van der Waals surface area contributed by atoms with Crippen LogP contribution in [0.5, 0.6) is 0 Å². The van der Waals surface area contributed by atoms with E-state index in [1.807, 2.05) is 0 Å². The average Bonchev–Trinajstić information content (AvgIpc) is 2.15. The van der Waals surface area contributed by atoms with Gasteiger partial charge in [-0.1, -0.05) is 0 Å². The highest BCUT2D eigenvalue weighted by Gasteiger charge is 2.26. The summed E-state index contributed by atoms with van der Waals surface area (Å²) in [6, 6.07) is 2.79. The number of carboxylic acids is 1. The van der Waals surface area contributed by atoms with Crippen LogP contribution >= 0.6 is 0 Å². The molecule has 0 aliphatic carbocycles. The van der Waals surface area contributed by atoms with Crippen LogP contribution in [-0.2, 0) is 0 Å². The number of halogens is 3. The summed E-state index contributed by atoms with van der Waals surface area (Å²) in [4.78, 5) is 14.6. The Morgan fingerprint density at radius 2 is 2.12 bits per heavy atom. The topological polar surface area (TPSA) is 62.2 Å². The number of aromatic nitrogens is 1. The van der Waals surface area contributed by atoms with Gasteiger partial charge in [0.05, 0.1) is 6.42 Å². The van der Waals surface area contributed by atoms with Gasteiger partial charge in [0.2, 0.25) is 0 Å². The highest BCUT2D eigenvalue weighted by atomic mass is 19.4. The number of carboxylic acid groups (broad SMARTS) is 1. The second-order valence-electron chi connectivity index (χ2n) is 3.45. The number of aromatic carboxylic acids is 1. The molecule has 4 nitrogen and oxygen atoms in total. The zero-order valence-electron chi connectivity index (χ0n) is 9.01. The minimum absolute atomic E-state index is 0.0400. The van der Waals surface area contributed by atoms with Crippen molar-refractivity contribution in [3.8, 4) is 0 Å². The lowest BCUT2D eigenvalue weighted by Gasteiger charge is -2.10. The van der Waals surface area contributed by atoms with E-state index >= 15 is 0 Å². The Morgan fingerprint density at radius 1 is 1.47 bits per heavy atom. The number of aryl methyl sites for hydroxylation is 1. The molecular weight excluding hydrogens is 237 g/mol. The summed E-state index contributed by atoms with van der Waals surface area (Å²) in [5.74, 6) is -1.27. The number of carbonyl (C=O) groups is 1. The zero-order chi connectivity index (χ0) is 13.1. The van der Waals surface area contributed by atoms with Crippen LogP contribution in [0.25, 0.3) is 0 Å². The van der Waals surface area contributed by atoms with E-state index in [0.29, 0.717) is 5.69 Å². The molecule has 1 rings (SSSR count). The first-order chi connectivity index (χ1) is 7.79. The molecule has 0 unspecified atom stereocenters. The van der Waals surface area contributed by atoms with Crippen LogP contribution < -0.4 is 5.32 Å². The van der Waals surface area contributed by atoms with Gasteiger partial charge in [-0.3, -0.25) is 0 Å². The number of nitrogens with zero attached hydrogens (tertiary/aromatic N) is 1. The first-order valence-electron chi connectivity index (χ1n) is 4.81. The number of hydrogen-bond acceptors (Lipinski definition) is 3. The molecule has 0 saturated heterocycles. The lowest BCUT2D eigenvalue weighted by molar-refractivity contribution is -0.131. The molecule has 0 radical (unpaired) electrons. The van der Waals surface area contributed by atoms with Gasteiger partial charge in [0.15, 0.2) is 0 Å². The van der Waals surface area contributed by atoms with Crippen molar-refractivity contribution in [3.63, 3.8) is 0 Å². The minimum atomic E-state index is -4.28. The van der Waals surface area contributed by atoms with Crippen molar-refractivity contribution in [1.82, 2.24) is 4.98 Å². The Bertz CT molecular complexity index is 419. The Morgan fingerprint density at radius 3 is 2.65 bits per heavy atom. The fourth-order valence-electron chi connectivity index (χ4n) is 1.19. The molecule has 7 heteroatoms. The van der Waals surface area contributed by atoms with Crippen molar-refractivity contribution >= 4 is 11.8 Å². The molecule has 0 aliphatic heterocycles. The Balaban J connectivity index is 2.75. The van der Waals surface area contributed by atoms with E-state index in [2.05, 4.69) is 10.3 Å². The lowest BCUT2D eigenvalue weighted by Crippen LogP contribution is -2.17. The molecule has 1 heterocycles. The molecule has 1 aromatic heterocycles. The normalized spacial score (nSPS) is 11.3. The van der Waals surface area contributed by atoms with Gasteiger partial charge in [0, 0.05) is 12.2 Å². The van der Waals surface area contributed by atoms with Gasteiger partial charge in [-0.2, -0.15) is 13.2 Å². The van der Waals surface area contributed by atoms with Gasteiger partial charge in [-0.05, 0) is 19.1 Å². The zero-order valence-corrected chi connectivity index (χ0v) is 9.01. The Hall–Kier alpha value is -1.79. The predicted octanol–water partition coefficient (Wildman–Crippen LogP) is 2.45. The Kier molecular flexibility index (Phi) is 3.93. The highest BCUT2D eigenvalue weighted by molar-refractivity contribution is 5.93. The molecule has 94 valence electrons. The quantitative estimate of drug-likeness (QED) is 0.859. The summed E-state index contributed by atoms with van der Waals surface area (Å²) in [6.07, 6.45) is -5.32. The second kappa shape index (κ2) is 5.03. The summed E-state index contributed by atoms with van der Waals surface area (Å²) in [6.45, 7) is 1.22. The third-order valence-corrected chi connectivity index (χ3v) is 1.97. The molecule has 17 heavy (non-hydrogen) atoms. The smallest absolute Gasteiger partial charge is 0.390 e. The van der Waals surface area contributed by atoms with Crippen molar-refractivity contribution in [2.24, 2.45) is 0 Å². The van der Waals surface area contributed by atoms with Crippen LogP contribution in [0.2, 0.25) is 0 Å². The van der Waals surface area contributed by atoms with Gasteiger partial charge >= 0.3 is 12.1 Å². The van der Waals surface area contributed by atoms with Crippen LogP contribution in [0.1, 0.15) is 22.5 Å². The first-order valence-corrected chi connectivity index (χ1v) is 4.81. The van der Waals surface area contributed by atoms with E-state index in [1.165, 1.54) is 12.1 Å². The van der Waals surface area contributed by atoms with Gasteiger partial charge in [0.25, 0.3) is 0 Å². The second-order valence-corrected chi connectivity index (χ2v) is 3.45. The molecule has 0 saturated carbocycles. The largest absolute Gasteiger partial charge is 0.478 e. The molecule has 0 atom stereocenters. The SMILES string of the molecule is Cc1ccc(C(=O)O)c(NCCC(F)(F)F)n1. The molecule has 0 amide bonds. The molecule has 0 spiro atoms. The van der Waals surface area contributed by atoms with Gasteiger partial charge in [-0.25, -0.2) is 9.78 Å². The Labute approximate surface area is 95.5 Å². The molecule has 0 aliphatic rings.